The van der Waals surface area contributed by atoms with Crippen molar-refractivity contribution in [3.63, 3.8) is 0 Å². The van der Waals surface area contributed by atoms with E-state index in [0.29, 0.717) is 28.3 Å². The van der Waals surface area contributed by atoms with Crippen LogP contribution in [0.15, 0.2) is 59.5 Å². The zero-order chi connectivity index (χ0) is 27.1. The number of aromatic nitrogens is 3. The van der Waals surface area contributed by atoms with Gasteiger partial charge in [-0.15, -0.1) is 0 Å². The zero-order valence-electron chi connectivity index (χ0n) is 20.7. The van der Waals surface area contributed by atoms with E-state index in [4.69, 9.17) is 21.1 Å². The van der Waals surface area contributed by atoms with E-state index < -0.39 is 28.3 Å². The first-order valence-electron chi connectivity index (χ1n) is 12.7. The summed E-state index contributed by atoms with van der Waals surface area (Å²) in [7, 11) is -3.49. The lowest BCUT2D eigenvalue weighted by molar-refractivity contribution is -0.131. The number of nitrogens with zero attached hydrogens (tertiary/aromatic N) is 2. The predicted octanol–water partition coefficient (Wildman–Crippen LogP) is 3.28. The number of nitrogens with one attached hydrogen (secondary N) is 2. The Labute approximate surface area is 230 Å². The number of benzene rings is 2. The maximum Gasteiger partial charge on any atom is 0.296 e. The molecular formula is C27H27ClN4O6S. The molecule has 0 amide bonds. The van der Waals surface area contributed by atoms with Gasteiger partial charge in [0.05, 0.1) is 40.4 Å². The van der Waals surface area contributed by atoms with Crippen molar-refractivity contribution in [3.8, 4) is 28.4 Å². The van der Waals surface area contributed by atoms with Crippen LogP contribution in [-0.4, -0.2) is 71.2 Å². The first kappa shape index (κ1) is 26.2. The highest BCUT2D eigenvalue weighted by molar-refractivity contribution is 7.89. The van der Waals surface area contributed by atoms with Crippen LogP contribution < -0.4 is 9.46 Å². The van der Waals surface area contributed by atoms with E-state index in [1.54, 1.807) is 30.3 Å². The number of sulfonamides is 1. The molecule has 1 saturated carbocycles. The molecule has 6 rings (SSSR count). The van der Waals surface area contributed by atoms with Crippen molar-refractivity contribution in [3.05, 3.63) is 59.6 Å². The Morgan fingerprint density at radius 2 is 1.72 bits per heavy atom. The highest BCUT2D eigenvalue weighted by atomic mass is 35.5. The molecule has 0 spiro atoms. The molecule has 204 valence electrons. The van der Waals surface area contributed by atoms with Gasteiger partial charge in [-0.3, -0.25) is 0 Å². The molecule has 1 aliphatic heterocycles. The van der Waals surface area contributed by atoms with Crippen molar-refractivity contribution in [1.29, 1.82) is 0 Å². The van der Waals surface area contributed by atoms with Gasteiger partial charge in [0.25, 0.3) is 6.01 Å². The lowest BCUT2D eigenvalue weighted by Gasteiger charge is -2.31. The van der Waals surface area contributed by atoms with Gasteiger partial charge in [0, 0.05) is 18.0 Å². The summed E-state index contributed by atoms with van der Waals surface area (Å²) >= 11 is 6.56. The predicted molar refractivity (Wildman–Crippen MR) is 145 cm³/mol. The smallest absolute Gasteiger partial charge is 0.296 e. The summed E-state index contributed by atoms with van der Waals surface area (Å²) in [4.78, 5) is 12.4. The van der Waals surface area contributed by atoms with Gasteiger partial charge >= 0.3 is 0 Å². The van der Waals surface area contributed by atoms with Gasteiger partial charge in [-0.2, -0.15) is 4.98 Å². The largest absolute Gasteiger partial charge is 0.459 e. The summed E-state index contributed by atoms with van der Waals surface area (Å²) < 4.78 is 38.8. The molecule has 0 radical (unpaired) electrons. The minimum absolute atomic E-state index is 0.0588. The molecule has 1 aliphatic carbocycles. The van der Waals surface area contributed by atoms with Crippen molar-refractivity contribution >= 4 is 32.8 Å². The fraction of sp³-hybridized carbons (Fsp3) is 0.333. The molecule has 10 nitrogen and oxygen atoms in total. The molecule has 3 unspecified atom stereocenters. The molecule has 1 saturated heterocycles. The third-order valence-electron chi connectivity index (χ3n) is 6.85. The number of ether oxygens (including phenoxy) is 2. The minimum Gasteiger partial charge on any atom is -0.459 e. The number of fused-ring (bicyclic) bond motifs is 1. The van der Waals surface area contributed by atoms with Gasteiger partial charge < -0.3 is 24.7 Å². The van der Waals surface area contributed by atoms with E-state index in [1.807, 2.05) is 24.3 Å². The second kappa shape index (κ2) is 10.5. The van der Waals surface area contributed by atoms with E-state index in [1.165, 1.54) is 0 Å². The Hall–Kier alpha value is -3.06. The van der Waals surface area contributed by atoms with Crippen LogP contribution in [0.4, 0.5) is 0 Å². The molecule has 4 aromatic rings. The molecule has 39 heavy (non-hydrogen) atoms. The van der Waals surface area contributed by atoms with E-state index in [0.717, 1.165) is 29.5 Å². The highest BCUT2D eigenvalue weighted by Gasteiger charge is 2.31. The number of rotatable bonds is 8. The third kappa shape index (κ3) is 5.65. The van der Waals surface area contributed by atoms with Gasteiger partial charge in [0.15, 0.2) is 5.65 Å². The van der Waals surface area contributed by atoms with Gasteiger partial charge in [-0.25, -0.2) is 18.1 Å². The Kier molecular flexibility index (Phi) is 7.04. The van der Waals surface area contributed by atoms with Crippen LogP contribution in [0, 0.1) is 0 Å². The summed E-state index contributed by atoms with van der Waals surface area (Å²) in [6.07, 6.45) is 0.226. The summed E-state index contributed by atoms with van der Waals surface area (Å²) in [5, 5.41) is 19.7. The molecule has 4 N–H and O–H groups in total. The Morgan fingerprint density at radius 1 is 1.05 bits per heavy atom. The quantitative estimate of drug-likeness (QED) is 0.252. The van der Waals surface area contributed by atoms with Crippen LogP contribution >= 0.6 is 11.6 Å². The maximum atomic E-state index is 12.4. The molecule has 0 bridgehead atoms. The Bertz CT molecular complexity index is 1590. The first-order valence-corrected chi connectivity index (χ1v) is 14.5. The third-order valence-corrected chi connectivity index (χ3v) is 8.67. The standard InChI is InChI=1S/C27H27ClN4O6S/c28-21-12-22-26(31-27(29-22)38-19-11-23(34)24(13-33)37-14-19)30-25(21)17-3-1-15(2-4-17)16-5-9-20(10-6-16)39(35,36)32-18-7-8-18/h1-6,9-10,12,18-19,23-24,32-34H,7-8,11,13-14H2,(H,29,30,31). The van der Waals surface area contributed by atoms with Crippen molar-refractivity contribution in [1.82, 2.24) is 19.7 Å². The molecule has 3 heterocycles. The van der Waals surface area contributed by atoms with Gasteiger partial charge in [0.1, 0.15) is 12.2 Å². The molecular weight excluding hydrogens is 544 g/mol. The second-order valence-electron chi connectivity index (χ2n) is 9.83. The average Bonchev–Trinajstić information content (AvgIpc) is 3.65. The summed E-state index contributed by atoms with van der Waals surface area (Å²) in [5.41, 5.74) is 4.19. The number of pyridine rings is 1. The summed E-state index contributed by atoms with van der Waals surface area (Å²) in [6.45, 7) is -0.0274. The number of hydrogen-bond donors (Lipinski definition) is 4. The minimum atomic E-state index is -3.49. The molecule has 2 aromatic carbocycles. The van der Waals surface area contributed by atoms with Crippen LogP contribution in [0.5, 0.6) is 6.01 Å². The van der Waals surface area contributed by atoms with Crippen LogP contribution in [0.1, 0.15) is 19.3 Å². The lowest BCUT2D eigenvalue weighted by Crippen LogP contribution is -2.45. The SMILES string of the molecule is O=S(=O)(NC1CC1)c1ccc(-c2ccc(-c3nc4nc(OC5COC(CO)C(O)C5)[nH]c4cc3Cl)cc2)cc1. The molecule has 2 aromatic heterocycles. The van der Waals surface area contributed by atoms with Crippen LogP contribution in [0.3, 0.4) is 0 Å². The zero-order valence-corrected chi connectivity index (χ0v) is 22.3. The van der Waals surface area contributed by atoms with Crippen LogP contribution in [0.2, 0.25) is 5.02 Å². The fourth-order valence-corrected chi connectivity index (χ4v) is 6.10. The van der Waals surface area contributed by atoms with Crippen LogP contribution in [-0.2, 0) is 14.8 Å². The van der Waals surface area contributed by atoms with E-state index in [2.05, 4.69) is 19.7 Å². The summed E-state index contributed by atoms with van der Waals surface area (Å²) in [6, 6.07) is 16.5. The number of hydrogen-bond acceptors (Lipinski definition) is 8. The number of imidazole rings is 1. The van der Waals surface area contributed by atoms with Crippen molar-refractivity contribution in [2.24, 2.45) is 0 Å². The second-order valence-corrected chi connectivity index (χ2v) is 11.9. The normalized spacial score (nSPS) is 21.8. The van der Waals surface area contributed by atoms with Crippen molar-refractivity contribution in [2.75, 3.05) is 13.2 Å². The first-order chi connectivity index (χ1) is 18.8. The number of halogens is 1. The molecule has 2 aliphatic rings. The number of H-pyrrole nitrogens is 1. The molecule has 3 atom stereocenters. The highest BCUT2D eigenvalue weighted by Crippen LogP contribution is 2.32. The number of aromatic amines is 1. The van der Waals surface area contributed by atoms with Crippen molar-refractivity contribution in [2.45, 2.75) is 48.5 Å². The Morgan fingerprint density at radius 3 is 2.36 bits per heavy atom. The molecule has 2 fully saturated rings. The van der Waals surface area contributed by atoms with Crippen molar-refractivity contribution < 1.29 is 28.1 Å². The van der Waals surface area contributed by atoms with E-state index in [9.17, 15) is 18.6 Å². The monoisotopic (exact) mass is 570 g/mol. The summed E-state index contributed by atoms with van der Waals surface area (Å²) in [5.74, 6) is 0. The lowest BCUT2D eigenvalue weighted by atomic mass is 10.0. The number of aliphatic hydroxyl groups excluding tert-OH is 2. The topological polar surface area (TPSA) is 147 Å². The Balaban J connectivity index is 1.18. The average molecular weight is 571 g/mol. The van der Waals surface area contributed by atoms with Gasteiger partial charge in [-0.05, 0) is 42.2 Å². The fourth-order valence-electron chi connectivity index (χ4n) is 4.54. The van der Waals surface area contributed by atoms with Gasteiger partial charge in [0.2, 0.25) is 10.0 Å². The van der Waals surface area contributed by atoms with E-state index >= 15 is 0 Å². The molecule has 12 heteroatoms. The van der Waals surface area contributed by atoms with Gasteiger partial charge in [-0.1, -0.05) is 48.0 Å². The van der Waals surface area contributed by atoms with Crippen LogP contribution in [0.25, 0.3) is 33.5 Å². The maximum absolute atomic E-state index is 12.4. The van der Waals surface area contributed by atoms with E-state index in [-0.39, 0.29) is 30.2 Å². The number of aliphatic hydroxyl groups is 2.